The Morgan fingerprint density at radius 3 is 3.25 bits per heavy atom. The second-order valence-electron chi connectivity index (χ2n) is 2.98. The standard InChI is InChI=1S/C8H12N2OS/c11-4-6-5-12-8(10-6)7-2-1-3-9-7/h5,7,9,11H,1-4H2. The monoisotopic (exact) mass is 184 g/mol. The highest BCUT2D eigenvalue weighted by atomic mass is 32.1. The van der Waals surface area contributed by atoms with Crippen molar-refractivity contribution >= 4 is 11.3 Å². The molecule has 0 radical (unpaired) electrons. The maximum atomic E-state index is 8.82. The molecule has 1 unspecified atom stereocenters. The Hall–Kier alpha value is -0.450. The highest BCUT2D eigenvalue weighted by Crippen LogP contribution is 2.25. The summed E-state index contributed by atoms with van der Waals surface area (Å²) in [6, 6.07) is 0.440. The van der Waals surface area contributed by atoms with E-state index in [1.54, 1.807) is 11.3 Å². The van der Waals surface area contributed by atoms with Crippen LogP contribution in [-0.2, 0) is 6.61 Å². The minimum absolute atomic E-state index is 0.0587. The summed E-state index contributed by atoms with van der Waals surface area (Å²) in [6.45, 7) is 1.15. The Bertz CT molecular complexity index is 255. The molecule has 0 spiro atoms. The first kappa shape index (κ1) is 8.16. The maximum Gasteiger partial charge on any atom is 0.110 e. The fraction of sp³-hybridized carbons (Fsp3) is 0.625. The smallest absolute Gasteiger partial charge is 0.110 e. The van der Waals surface area contributed by atoms with E-state index >= 15 is 0 Å². The van der Waals surface area contributed by atoms with Gasteiger partial charge in [0.25, 0.3) is 0 Å². The predicted molar refractivity (Wildman–Crippen MR) is 48.0 cm³/mol. The fourth-order valence-electron chi connectivity index (χ4n) is 1.45. The Morgan fingerprint density at radius 1 is 1.75 bits per heavy atom. The molecule has 2 rings (SSSR count). The minimum Gasteiger partial charge on any atom is -0.390 e. The number of hydrogen-bond acceptors (Lipinski definition) is 4. The van der Waals surface area contributed by atoms with Crippen molar-refractivity contribution in [2.75, 3.05) is 6.54 Å². The van der Waals surface area contributed by atoms with Gasteiger partial charge in [0, 0.05) is 5.38 Å². The van der Waals surface area contributed by atoms with Crippen LogP contribution in [0.3, 0.4) is 0 Å². The van der Waals surface area contributed by atoms with Gasteiger partial charge in [0.15, 0.2) is 0 Å². The number of aliphatic hydroxyl groups is 1. The summed E-state index contributed by atoms with van der Waals surface area (Å²) in [5.41, 5.74) is 0.795. The topological polar surface area (TPSA) is 45.1 Å². The molecule has 0 saturated carbocycles. The lowest BCUT2D eigenvalue weighted by Gasteiger charge is -2.03. The van der Waals surface area contributed by atoms with Crippen molar-refractivity contribution in [3.8, 4) is 0 Å². The van der Waals surface area contributed by atoms with Crippen molar-refractivity contribution in [2.45, 2.75) is 25.5 Å². The van der Waals surface area contributed by atoms with Crippen LogP contribution in [0, 0.1) is 0 Å². The van der Waals surface area contributed by atoms with Crippen LogP contribution in [0.1, 0.15) is 29.6 Å². The summed E-state index contributed by atoms with van der Waals surface area (Å²) in [4.78, 5) is 4.32. The fourth-order valence-corrected chi connectivity index (χ4v) is 2.37. The summed E-state index contributed by atoms with van der Waals surface area (Å²) in [5, 5.41) is 15.2. The van der Waals surface area contributed by atoms with E-state index in [0.717, 1.165) is 17.2 Å². The quantitative estimate of drug-likeness (QED) is 0.722. The first-order valence-electron chi connectivity index (χ1n) is 4.18. The maximum absolute atomic E-state index is 8.82. The second-order valence-corrected chi connectivity index (χ2v) is 3.87. The molecule has 1 aliphatic heterocycles. The SMILES string of the molecule is OCc1csc(C2CCCN2)n1. The summed E-state index contributed by atoms with van der Waals surface area (Å²) in [5.74, 6) is 0. The molecule has 1 aliphatic rings. The van der Waals surface area contributed by atoms with Gasteiger partial charge in [0.1, 0.15) is 5.01 Å². The third-order valence-corrected chi connectivity index (χ3v) is 3.10. The lowest BCUT2D eigenvalue weighted by atomic mass is 10.2. The molecule has 2 heterocycles. The molecule has 1 aromatic rings. The number of aromatic nitrogens is 1. The summed E-state index contributed by atoms with van der Waals surface area (Å²) < 4.78 is 0. The summed E-state index contributed by atoms with van der Waals surface area (Å²) >= 11 is 1.64. The van der Waals surface area contributed by atoms with Gasteiger partial charge < -0.3 is 10.4 Å². The van der Waals surface area contributed by atoms with E-state index < -0.39 is 0 Å². The Morgan fingerprint density at radius 2 is 2.67 bits per heavy atom. The van der Waals surface area contributed by atoms with Crippen LogP contribution in [-0.4, -0.2) is 16.6 Å². The molecule has 1 aromatic heterocycles. The molecule has 12 heavy (non-hydrogen) atoms. The van der Waals surface area contributed by atoms with Crippen LogP contribution in [0.5, 0.6) is 0 Å². The van der Waals surface area contributed by atoms with Crippen molar-refractivity contribution in [3.05, 3.63) is 16.1 Å². The van der Waals surface area contributed by atoms with Crippen LogP contribution in [0.25, 0.3) is 0 Å². The van der Waals surface area contributed by atoms with Gasteiger partial charge in [-0.2, -0.15) is 0 Å². The highest BCUT2D eigenvalue weighted by molar-refractivity contribution is 7.09. The molecular formula is C8H12N2OS. The van der Waals surface area contributed by atoms with Crippen molar-refractivity contribution in [2.24, 2.45) is 0 Å². The molecule has 4 heteroatoms. The lowest BCUT2D eigenvalue weighted by Crippen LogP contribution is -2.12. The number of hydrogen-bond donors (Lipinski definition) is 2. The van der Waals surface area contributed by atoms with Gasteiger partial charge in [-0.3, -0.25) is 0 Å². The molecular weight excluding hydrogens is 172 g/mol. The van der Waals surface area contributed by atoms with Crippen LogP contribution in [0.2, 0.25) is 0 Å². The van der Waals surface area contributed by atoms with E-state index in [1.807, 2.05) is 5.38 Å². The second kappa shape index (κ2) is 3.51. The van der Waals surface area contributed by atoms with E-state index in [1.165, 1.54) is 12.8 Å². The summed E-state index contributed by atoms with van der Waals surface area (Å²) in [7, 11) is 0. The Balaban J connectivity index is 2.11. The zero-order chi connectivity index (χ0) is 8.39. The molecule has 0 amide bonds. The van der Waals surface area contributed by atoms with Crippen molar-refractivity contribution in [3.63, 3.8) is 0 Å². The molecule has 66 valence electrons. The first-order chi connectivity index (χ1) is 5.90. The molecule has 1 atom stereocenters. The normalized spacial score (nSPS) is 23.2. The van der Waals surface area contributed by atoms with E-state index in [0.29, 0.717) is 6.04 Å². The zero-order valence-electron chi connectivity index (χ0n) is 6.79. The van der Waals surface area contributed by atoms with Crippen LogP contribution >= 0.6 is 11.3 Å². The number of aliphatic hydroxyl groups excluding tert-OH is 1. The van der Waals surface area contributed by atoms with Gasteiger partial charge in [-0.15, -0.1) is 11.3 Å². The molecule has 3 nitrogen and oxygen atoms in total. The Kier molecular flexibility index (Phi) is 2.39. The molecule has 1 fully saturated rings. The first-order valence-corrected chi connectivity index (χ1v) is 5.06. The highest BCUT2D eigenvalue weighted by Gasteiger charge is 2.18. The van der Waals surface area contributed by atoms with E-state index in [4.69, 9.17) is 5.11 Å². The average Bonchev–Trinajstić information content (AvgIpc) is 2.75. The third-order valence-electron chi connectivity index (χ3n) is 2.09. The molecule has 0 aliphatic carbocycles. The number of rotatable bonds is 2. The molecule has 0 aromatic carbocycles. The van der Waals surface area contributed by atoms with Crippen molar-refractivity contribution in [1.29, 1.82) is 0 Å². The van der Waals surface area contributed by atoms with Gasteiger partial charge in [-0.25, -0.2) is 4.98 Å². The lowest BCUT2D eigenvalue weighted by molar-refractivity contribution is 0.277. The van der Waals surface area contributed by atoms with E-state index in [9.17, 15) is 0 Å². The summed E-state index contributed by atoms with van der Waals surface area (Å²) in [6.07, 6.45) is 2.41. The van der Waals surface area contributed by atoms with Gasteiger partial charge >= 0.3 is 0 Å². The Labute approximate surface area is 75.5 Å². The zero-order valence-corrected chi connectivity index (χ0v) is 7.60. The van der Waals surface area contributed by atoms with Gasteiger partial charge in [-0.1, -0.05) is 0 Å². The van der Waals surface area contributed by atoms with Gasteiger partial charge in [0.2, 0.25) is 0 Å². The molecule has 2 N–H and O–H groups in total. The number of nitrogens with zero attached hydrogens (tertiary/aromatic N) is 1. The van der Waals surface area contributed by atoms with Gasteiger partial charge in [0.05, 0.1) is 18.3 Å². The van der Waals surface area contributed by atoms with Crippen molar-refractivity contribution < 1.29 is 5.11 Å². The third kappa shape index (κ3) is 1.50. The van der Waals surface area contributed by atoms with Crippen molar-refractivity contribution in [1.82, 2.24) is 10.3 Å². The van der Waals surface area contributed by atoms with E-state index in [2.05, 4.69) is 10.3 Å². The van der Waals surface area contributed by atoms with Crippen LogP contribution in [0.15, 0.2) is 5.38 Å². The van der Waals surface area contributed by atoms with Crippen LogP contribution < -0.4 is 5.32 Å². The predicted octanol–water partition coefficient (Wildman–Crippen LogP) is 1.06. The number of thiazole rings is 1. The van der Waals surface area contributed by atoms with E-state index in [-0.39, 0.29) is 6.61 Å². The van der Waals surface area contributed by atoms with Crippen LogP contribution in [0.4, 0.5) is 0 Å². The molecule has 1 saturated heterocycles. The largest absolute Gasteiger partial charge is 0.390 e. The number of nitrogens with one attached hydrogen (secondary N) is 1. The molecule has 0 bridgehead atoms. The van der Waals surface area contributed by atoms with Gasteiger partial charge in [-0.05, 0) is 19.4 Å². The minimum atomic E-state index is 0.0587. The average molecular weight is 184 g/mol.